The number of fused-ring (bicyclic) bond motifs is 4. The van der Waals surface area contributed by atoms with E-state index in [2.05, 4.69) is 33.1 Å². The molecule has 0 amide bonds. The molecule has 5 heteroatoms. The Kier molecular flexibility index (Phi) is 3.42. The van der Waals surface area contributed by atoms with E-state index in [1.165, 1.54) is 17.7 Å². The van der Waals surface area contributed by atoms with Crippen molar-refractivity contribution in [1.82, 2.24) is 5.01 Å². The van der Waals surface area contributed by atoms with Gasteiger partial charge in [-0.1, -0.05) is 28.1 Å². The number of halogens is 2. The minimum Gasteiger partial charge on any atom is -0.466 e. The van der Waals surface area contributed by atoms with Crippen LogP contribution in [0.3, 0.4) is 0 Å². The zero-order valence-electron chi connectivity index (χ0n) is 13.7. The molecule has 25 heavy (non-hydrogen) atoms. The molecule has 3 nitrogen and oxygen atoms in total. The number of hydrogen-bond acceptors (Lipinski definition) is 3. The first-order valence-corrected chi connectivity index (χ1v) is 9.55. The van der Waals surface area contributed by atoms with Crippen LogP contribution in [0.15, 0.2) is 52.0 Å². The van der Waals surface area contributed by atoms with Crippen molar-refractivity contribution in [3.05, 3.63) is 63.9 Å². The number of ether oxygens (including phenoxy) is 1. The molecule has 0 radical (unpaired) electrons. The van der Waals surface area contributed by atoms with Crippen molar-refractivity contribution in [2.24, 2.45) is 5.10 Å². The summed E-state index contributed by atoms with van der Waals surface area (Å²) in [6.07, 6.45) is 5.14. The molecule has 1 fully saturated rings. The summed E-state index contributed by atoms with van der Waals surface area (Å²) in [7, 11) is 0. The molecule has 0 unspecified atom stereocenters. The number of nitrogens with zero attached hydrogens (tertiary/aromatic N) is 2. The maximum atomic E-state index is 13.3. The van der Waals surface area contributed by atoms with Crippen LogP contribution in [0, 0.1) is 5.82 Å². The molecule has 1 spiro atoms. The molecule has 1 saturated carbocycles. The van der Waals surface area contributed by atoms with Gasteiger partial charge in [0.15, 0.2) is 5.72 Å². The average molecular weight is 401 g/mol. The first kappa shape index (κ1) is 15.4. The van der Waals surface area contributed by atoms with Crippen LogP contribution >= 0.6 is 15.9 Å². The predicted octanol–water partition coefficient (Wildman–Crippen LogP) is 5.40. The molecule has 2 aromatic rings. The Balaban J connectivity index is 1.60. The van der Waals surface area contributed by atoms with Gasteiger partial charge >= 0.3 is 0 Å². The predicted molar refractivity (Wildman–Crippen MR) is 98.1 cm³/mol. The summed E-state index contributed by atoms with van der Waals surface area (Å²) in [6.45, 7) is 0. The van der Waals surface area contributed by atoms with E-state index in [9.17, 15) is 4.39 Å². The Morgan fingerprint density at radius 3 is 2.64 bits per heavy atom. The van der Waals surface area contributed by atoms with E-state index in [0.29, 0.717) is 0 Å². The second-order valence-corrected chi connectivity index (χ2v) is 7.97. The Bertz CT molecular complexity index is 858. The van der Waals surface area contributed by atoms with Gasteiger partial charge < -0.3 is 4.74 Å². The fourth-order valence-electron chi connectivity index (χ4n) is 4.33. The maximum absolute atomic E-state index is 13.3. The van der Waals surface area contributed by atoms with Crippen molar-refractivity contribution < 1.29 is 9.13 Å². The van der Waals surface area contributed by atoms with Gasteiger partial charge in [0.05, 0.1) is 11.8 Å². The SMILES string of the molecule is Fc1ccc(C2=NN3[C@H](C2)c2cc(Br)ccc2OC32CCCC2)cc1. The average Bonchev–Trinajstić information content (AvgIpc) is 3.25. The van der Waals surface area contributed by atoms with Gasteiger partial charge in [-0.2, -0.15) is 5.10 Å². The first-order chi connectivity index (χ1) is 12.1. The normalized spacial score (nSPS) is 23.2. The quantitative estimate of drug-likeness (QED) is 0.639. The van der Waals surface area contributed by atoms with E-state index in [1.807, 2.05) is 18.2 Å². The van der Waals surface area contributed by atoms with Crippen LogP contribution in [0.2, 0.25) is 0 Å². The maximum Gasteiger partial charge on any atom is 0.198 e. The topological polar surface area (TPSA) is 24.8 Å². The molecule has 2 aliphatic heterocycles. The molecule has 2 aromatic carbocycles. The van der Waals surface area contributed by atoms with E-state index in [1.54, 1.807) is 0 Å². The van der Waals surface area contributed by atoms with E-state index in [-0.39, 0.29) is 17.6 Å². The van der Waals surface area contributed by atoms with Gasteiger partial charge in [0.25, 0.3) is 0 Å². The fraction of sp³-hybridized carbons (Fsp3) is 0.350. The van der Waals surface area contributed by atoms with Gasteiger partial charge in [-0.05, 0) is 48.7 Å². The van der Waals surface area contributed by atoms with Crippen LogP contribution in [0.4, 0.5) is 4.39 Å². The lowest BCUT2D eigenvalue weighted by Gasteiger charge is -2.45. The summed E-state index contributed by atoms with van der Waals surface area (Å²) < 4.78 is 20.8. The molecule has 0 bridgehead atoms. The molecular formula is C20H18BrFN2O. The van der Waals surface area contributed by atoms with Crippen LogP contribution in [0.25, 0.3) is 0 Å². The van der Waals surface area contributed by atoms with Gasteiger partial charge in [-0.25, -0.2) is 9.40 Å². The highest BCUT2D eigenvalue weighted by atomic mass is 79.9. The number of rotatable bonds is 1. The van der Waals surface area contributed by atoms with Gasteiger partial charge in [-0.3, -0.25) is 0 Å². The fourth-order valence-corrected chi connectivity index (χ4v) is 4.71. The third-order valence-corrected chi connectivity index (χ3v) is 6.01. The Morgan fingerprint density at radius 2 is 1.88 bits per heavy atom. The van der Waals surface area contributed by atoms with Crippen LogP contribution < -0.4 is 4.74 Å². The molecule has 0 saturated heterocycles. The van der Waals surface area contributed by atoms with Crippen LogP contribution in [0.5, 0.6) is 5.75 Å². The molecule has 1 atom stereocenters. The van der Waals surface area contributed by atoms with Crippen LogP contribution in [-0.2, 0) is 0 Å². The standard InChI is InChI=1S/C20H18BrFN2O/c21-14-5-8-19-16(11-14)18-12-17(13-3-6-15(22)7-4-13)23-24(18)20(25-19)9-1-2-10-20/h3-8,11,18H,1-2,9-10,12H2/t18-/m1/s1. The van der Waals surface area contributed by atoms with Gasteiger partial charge in [-0.15, -0.1) is 0 Å². The molecule has 2 heterocycles. The Labute approximate surface area is 154 Å². The first-order valence-electron chi connectivity index (χ1n) is 8.76. The van der Waals surface area contributed by atoms with Crippen molar-refractivity contribution in [3.8, 4) is 5.75 Å². The van der Waals surface area contributed by atoms with Gasteiger partial charge in [0, 0.05) is 29.3 Å². The van der Waals surface area contributed by atoms with Crippen LogP contribution in [0.1, 0.15) is 49.3 Å². The summed E-state index contributed by atoms with van der Waals surface area (Å²) in [4.78, 5) is 0. The molecule has 5 rings (SSSR count). The Morgan fingerprint density at radius 1 is 1.12 bits per heavy atom. The van der Waals surface area contributed by atoms with Gasteiger partial charge in [0.1, 0.15) is 11.6 Å². The second kappa shape index (κ2) is 5.56. The van der Waals surface area contributed by atoms with E-state index < -0.39 is 0 Å². The monoisotopic (exact) mass is 400 g/mol. The Hall–Kier alpha value is -1.88. The zero-order valence-corrected chi connectivity index (χ0v) is 15.3. The summed E-state index contributed by atoms with van der Waals surface area (Å²) in [5, 5.41) is 7.15. The van der Waals surface area contributed by atoms with Crippen molar-refractivity contribution in [2.75, 3.05) is 0 Å². The van der Waals surface area contributed by atoms with E-state index >= 15 is 0 Å². The smallest absolute Gasteiger partial charge is 0.198 e. The minimum atomic E-state index is -0.326. The van der Waals surface area contributed by atoms with Crippen molar-refractivity contribution in [3.63, 3.8) is 0 Å². The minimum absolute atomic E-state index is 0.180. The summed E-state index contributed by atoms with van der Waals surface area (Å²) in [5.41, 5.74) is 2.84. The zero-order chi connectivity index (χ0) is 17.0. The highest BCUT2D eigenvalue weighted by molar-refractivity contribution is 9.10. The third-order valence-electron chi connectivity index (χ3n) is 5.52. The van der Waals surface area contributed by atoms with E-state index in [4.69, 9.17) is 9.84 Å². The molecule has 3 aliphatic rings. The highest BCUT2D eigenvalue weighted by Gasteiger charge is 2.51. The molecular weight excluding hydrogens is 383 g/mol. The summed E-state index contributed by atoms with van der Waals surface area (Å²) >= 11 is 3.58. The van der Waals surface area contributed by atoms with Crippen molar-refractivity contribution >= 4 is 21.6 Å². The molecule has 0 aromatic heterocycles. The van der Waals surface area contributed by atoms with Crippen molar-refractivity contribution in [1.29, 1.82) is 0 Å². The lowest BCUT2D eigenvalue weighted by molar-refractivity contribution is -0.114. The summed E-state index contributed by atoms with van der Waals surface area (Å²) in [5.74, 6) is 0.756. The lowest BCUT2D eigenvalue weighted by Crippen LogP contribution is -2.51. The number of hydrogen-bond donors (Lipinski definition) is 0. The highest BCUT2D eigenvalue weighted by Crippen LogP contribution is 2.52. The molecule has 0 N–H and O–H groups in total. The van der Waals surface area contributed by atoms with E-state index in [0.717, 1.165) is 53.6 Å². The third kappa shape index (κ3) is 2.40. The number of hydrazone groups is 1. The summed E-state index contributed by atoms with van der Waals surface area (Å²) in [6, 6.07) is 13.0. The largest absolute Gasteiger partial charge is 0.466 e. The van der Waals surface area contributed by atoms with Gasteiger partial charge in [0.2, 0.25) is 0 Å². The second-order valence-electron chi connectivity index (χ2n) is 7.06. The van der Waals surface area contributed by atoms with Crippen LogP contribution in [-0.4, -0.2) is 16.4 Å². The molecule has 1 aliphatic carbocycles. The van der Waals surface area contributed by atoms with Crippen molar-refractivity contribution in [2.45, 2.75) is 43.9 Å². The number of benzene rings is 2. The lowest BCUT2D eigenvalue weighted by atomic mass is 9.94. The molecule has 128 valence electrons.